The highest BCUT2D eigenvalue weighted by molar-refractivity contribution is 6.12. The number of carbonyl (C=O) groups excluding carboxylic acids is 1. The molecule has 1 heterocycles. The van der Waals surface area contributed by atoms with Gasteiger partial charge in [0.25, 0.3) is 5.91 Å². The van der Waals surface area contributed by atoms with Crippen molar-refractivity contribution in [1.29, 1.82) is 0 Å². The van der Waals surface area contributed by atoms with E-state index >= 15 is 0 Å². The molecule has 1 saturated heterocycles. The predicted octanol–water partition coefficient (Wildman–Crippen LogP) is 3.82. The van der Waals surface area contributed by atoms with Crippen molar-refractivity contribution in [2.75, 3.05) is 13.1 Å². The van der Waals surface area contributed by atoms with Gasteiger partial charge in [0, 0.05) is 6.54 Å². The Morgan fingerprint density at radius 2 is 1.61 bits per heavy atom. The second-order valence-corrected chi connectivity index (χ2v) is 7.94. The number of fused-ring (bicyclic) bond motifs is 1. The largest absolute Gasteiger partial charge is 0.488 e. The third-order valence-corrected chi connectivity index (χ3v) is 5.61. The molecular weight excluding hydrogens is 388 g/mol. The molecule has 0 spiro atoms. The zero-order valence-electron chi connectivity index (χ0n) is 17.6. The van der Waals surface area contributed by atoms with Crippen molar-refractivity contribution in [3.05, 3.63) is 77.4 Å². The first-order valence-electron chi connectivity index (χ1n) is 10.7. The standard InChI is InChI=1S/C25H28N4O2/c26-25(27)28-24(30)23-21-7-3-2-6-20(21)12-13-22(23)31-17-19-10-8-18(9-11-19)16-29-14-4-1-5-15-29/h2-3,6-13H,1,4-5,14-17H2,(H4,26,27,28,30). The minimum atomic E-state index is -0.510. The third kappa shape index (κ3) is 5.22. The van der Waals surface area contributed by atoms with Crippen LogP contribution in [-0.4, -0.2) is 29.9 Å². The molecule has 4 N–H and O–H groups in total. The normalized spacial score (nSPS) is 14.3. The number of hydrogen-bond acceptors (Lipinski definition) is 3. The molecule has 1 aliphatic heterocycles. The van der Waals surface area contributed by atoms with Crippen LogP contribution in [0, 0.1) is 0 Å². The van der Waals surface area contributed by atoms with Crippen molar-refractivity contribution in [2.24, 2.45) is 16.5 Å². The van der Waals surface area contributed by atoms with Crippen molar-refractivity contribution in [1.82, 2.24) is 4.90 Å². The lowest BCUT2D eigenvalue weighted by molar-refractivity contribution is 0.1000. The van der Waals surface area contributed by atoms with Crippen LogP contribution in [-0.2, 0) is 13.2 Å². The summed E-state index contributed by atoms with van der Waals surface area (Å²) in [5.41, 5.74) is 13.6. The van der Waals surface area contributed by atoms with Crippen molar-refractivity contribution in [2.45, 2.75) is 32.4 Å². The summed E-state index contributed by atoms with van der Waals surface area (Å²) >= 11 is 0. The van der Waals surface area contributed by atoms with Crippen LogP contribution in [0.3, 0.4) is 0 Å². The van der Waals surface area contributed by atoms with Crippen LogP contribution < -0.4 is 16.2 Å². The maximum absolute atomic E-state index is 12.7. The number of benzene rings is 3. The van der Waals surface area contributed by atoms with Crippen molar-refractivity contribution in [3.63, 3.8) is 0 Å². The van der Waals surface area contributed by atoms with E-state index in [0.717, 1.165) is 22.9 Å². The Labute approximate surface area is 182 Å². The topological polar surface area (TPSA) is 93.9 Å². The van der Waals surface area contributed by atoms with Gasteiger partial charge in [-0.3, -0.25) is 9.69 Å². The number of carbonyl (C=O) groups is 1. The Bertz CT molecular complexity index is 1080. The first-order chi connectivity index (χ1) is 15.1. The number of guanidine groups is 1. The van der Waals surface area contributed by atoms with Crippen molar-refractivity contribution >= 4 is 22.6 Å². The SMILES string of the molecule is NC(N)=NC(=O)c1c(OCc2ccc(CN3CCCCC3)cc2)ccc2ccccc12. The van der Waals surface area contributed by atoms with E-state index in [9.17, 15) is 4.79 Å². The minimum Gasteiger partial charge on any atom is -0.488 e. The van der Waals surface area contributed by atoms with E-state index in [1.54, 1.807) is 6.07 Å². The second-order valence-electron chi connectivity index (χ2n) is 7.94. The number of amides is 1. The highest BCUT2D eigenvalue weighted by atomic mass is 16.5. The summed E-state index contributed by atoms with van der Waals surface area (Å²) in [7, 11) is 0. The average Bonchev–Trinajstić information content (AvgIpc) is 2.78. The van der Waals surface area contributed by atoms with Gasteiger partial charge in [-0.2, -0.15) is 4.99 Å². The van der Waals surface area contributed by atoms with E-state index in [4.69, 9.17) is 16.2 Å². The summed E-state index contributed by atoms with van der Waals surface area (Å²) < 4.78 is 6.04. The molecule has 4 rings (SSSR count). The number of likely N-dealkylation sites (tertiary alicyclic amines) is 1. The van der Waals surface area contributed by atoms with Gasteiger partial charge in [-0.1, -0.05) is 61.0 Å². The molecule has 0 aromatic heterocycles. The number of hydrogen-bond donors (Lipinski definition) is 2. The molecule has 31 heavy (non-hydrogen) atoms. The van der Waals surface area contributed by atoms with E-state index in [-0.39, 0.29) is 5.96 Å². The first-order valence-corrected chi connectivity index (χ1v) is 10.7. The molecule has 0 unspecified atom stereocenters. The Kier molecular flexibility index (Phi) is 6.48. The summed E-state index contributed by atoms with van der Waals surface area (Å²) in [6.07, 6.45) is 3.92. The number of ether oxygens (including phenoxy) is 1. The minimum absolute atomic E-state index is 0.270. The van der Waals surface area contributed by atoms with Gasteiger partial charge in [-0.05, 0) is 53.9 Å². The number of rotatable bonds is 6. The smallest absolute Gasteiger partial charge is 0.284 e. The molecule has 0 bridgehead atoms. The Morgan fingerprint density at radius 3 is 2.35 bits per heavy atom. The van der Waals surface area contributed by atoms with Crippen LogP contribution in [0.1, 0.15) is 40.7 Å². The highest BCUT2D eigenvalue weighted by Gasteiger charge is 2.17. The molecule has 0 saturated carbocycles. The molecule has 0 atom stereocenters. The Hall–Kier alpha value is -3.38. The second kappa shape index (κ2) is 9.62. The zero-order valence-corrected chi connectivity index (χ0v) is 17.6. The fourth-order valence-corrected chi connectivity index (χ4v) is 4.04. The monoisotopic (exact) mass is 416 g/mol. The van der Waals surface area contributed by atoms with Crippen LogP contribution >= 0.6 is 0 Å². The van der Waals surface area contributed by atoms with Gasteiger partial charge in [-0.15, -0.1) is 0 Å². The van der Waals surface area contributed by atoms with Gasteiger partial charge in [0.15, 0.2) is 5.96 Å². The fourth-order valence-electron chi connectivity index (χ4n) is 4.04. The molecule has 1 amide bonds. The van der Waals surface area contributed by atoms with Crippen LogP contribution in [0.4, 0.5) is 0 Å². The molecule has 6 nitrogen and oxygen atoms in total. The maximum atomic E-state index is 12.7. The first kappa shape index (κ1) is 20.9. The van der Waals surface area contributed by atoms with Crippen LogP contribution in [0.5, 0.6) is 5.75 Å². The molecule has 1 aliphatic rings. The van der Waals surface area contributed by atoms with Crippen molar-refractivity contribution < 1.29 is 9.53 Å². The summed E-state index contributed by atoms with van der Waals surface area (Å²) in [4.78, 5) is 18.9. The molecule has 6 heteroatoms. The van der Waals surface area contributed by atoms with Gasteiger partial charge in [0.05, 0.1) is 5.56 Å². The number of piperidine rings is 1. The quantitative estimate of drug-likeness (QED) is 0.471. The molecule has 1 fully saturated rings. The third-order valence-electron chi connectivity index (χ3n) is 5.61. The van der Waals surface area contributed by atoms with E-state index in [0.29, 0.717) is 17.9 Å². The van der Waals surface area contributed by atoms with Crippen LogP contribution in [0.2, 0.25) is 0 Å². The van der Waals surface area contributed by atoms with Gasteiger partial charge in [0.1, 0.15) is 12.4 Å². The Morgan fingerprint density at radius 1 is 0.903 bits per heavy atom. The highest BCUT2D eigenvalue weighted by Crippen LogP contribution is 2.29. The van der Waals surface area contributed by atoms with E-state index < -0.39 is 5.91 Å². The number of aliphatic imine (C=N–C) groups is 1. The van der Waals surface area contributed by atoms with Gasteiger partial charge in [0.2, 0.25) is 0 Å². The van der Waals surface area contributed by atoms with E-state index in [1.165, 1.54) is 37.9 Å². The molecule has 3 aromatic carbocycles. The molecule has 0 aliphatic carbocycles. The maximum Gasteiger partial charge on any atom is 0.284 e. The average molecular weight is 417 g/mol. The molecule has 0 radical (unpaired) electrons. The lowest BCUT2D eigenvalue weighted by Gasteiger charge is -2.26. The fraction of sp³-hybridized carbons (Fsp3) is 0.280. The number of nitrogens with two attached hydrogens (primary N) is 2. The predicted molar refractivity (Wildman–Crippen MR) is 124 cm³/mol. The summed E-state index contributed by atoms with van der Waals surface area (Å²) in [5, 5.41) is 1.68. The summed E-state index contributed by atoms with van der Waals surface area (Å²) in [5.74, 6) is -0.317. The Balaban J connectivity index is 1.50. The number of nitrogens with zero attached hydrogens (tertiary/aromatic N) is 2. The molecule has 160 valence electrons. The van der Waals surface area contributed by atoms with E-state index in [1.807, 2.05) is 30.3 Å². The zero-order chi connectivity index (χ0) is 21.6. The summed E-state index contributed by atoms with van der Waals surface area (Å²) in [6, 6.07) is 19.8. The molecular formula is C25H28N4O2. The van der Waals surface area contributed by atoms with E-state index in [2.05, 4.69) is 34.2 Å². The van der Waals surface area contributed by atoms with Crippen LogP contribution in [0.25, 0.3) is 10.8 Å². The lowest BCUT2D eigenvalue weighted by atomic mass is 10.0. The van der Waals surface area contributed by atoms with Crippen LogP contribution in [0.15, 0.2) is 65.7 Å². The van der Waals surface area contributed by atoms with Gasteiger partial charge in [-0.25, -0.2) is 0 Å². The van der Waals surface area contributed by atoms with Gasteiger partial charge < -0.3 is 16.2 Å². The molecule has 3 aromatic rings. The summed E-state index contributed by atoms with van der Waals surface area (Å²) in [6.45, 7) is 3.70. The van der Waals surface area contributed by atoms with Gasteiger partial charge >= 0.3 is 0 Å². The lowest BCUT2D eigenvalue weighted by Crippen LogP contribution is -2.29. The van der Waals surface area contributed by atoms with Crippen molar-refractivity contribution in [3.8, 4) is 5.75 Å².